The summed E-state index contributed by atoms with van der Waals surface area (Å²) >= 11 is 0. The molecular formula is C33H49F5N2O. The summed E-state index contributed by atoms with van der Waals surface area (Å²) in [6.07, 6.45) is 2.41. The average Bonchev–Trinajstić information content (AvgIpc) is 2.91. The van der Waals surface area contributed by atoms with Crippen LogP contribution < -0.4 is 4.90 Å². The summed E-state index contributed by atoms with van der Waals surface area (Å²) in [5, 5.41) is 0. The first-order chi connectivity index (χ1) is 19.2. The molecule has 0 radical (unpaired) electrons. The second-order valence-corrected chi connectivity index (χ2v) is 10.8. The highest BCUT2D eigenvalue weighted by Crippen LogP contribution is 2.39. The molecule has 2 aromatic rings. The lowest BCUT2D eigenvalue weighted by Crippen LogP contribution is -2.30. The summed E-state index contributed by atoms with van der Waals surface area (Å²) in [5.41, 5.74) is 5.40. The van der Waals surface area contributed by atoms with Crippen molar-refractivity contribution in [3.8, 4) is 0 Å². The molecule has 0 bridgehead atoms. The van der Waals surface area contributed by atoms with Gasteiger partial charge in [0, 0.05) is 18.8 Å². The van der Waals surface area contributed by atoms with Gasteiger partial charge < -0.3 is 9.64 Å². The minimum atomic E-state index is -4.87. The van der Waals surface area contributed by atoms with E-state index in [1.807, 2.05) is 6.92 Å². The molecule has 0 N–H and O–H groups in total. The highest BCUT2D eigenvalue weighted by Gasteiger charge is 2.44. The smallest absolute Gasteiger partial charge is 0.357 e. The number of piperidine rings is 1. The Morgan fingerprint density at radius 1 is 0.951 bits per heavy atom. The van der Waals surface area contributed by atoms with Crippen molar-refractivity contribution in [1.29, 1.82) is 0 Å². The van der Waals surface area contributed by atoms with Gasteiger partial charge in [-0.3, -0.25) is 0 Å². The molecule has 1 fully saturated rings. The number of alkyl halides is 5. The first-order valence-electron chi connectivity index (χ1n) is 14.7. The van der Waals surface area contributed by atoms with Crippen LogP contribution in [0, 0.1) is 27.7 Å². The van der Waals surface area contributed by atoms with Gasteiger partial charge in [0.2, 0.25) is 0 Å². The van der Waals surface area contributed by atoms with E-state index >= 15 is 0 Å². The zero-order valence-corrected chi connectivity index (χ0v) is 25.9. The van der Waals surface area contributed by atoms with Crippen LogP contribution >= 0.6 is 0 Å². The number of benzene rings is 1. The molecule has 1 aromatic heterocycles. The molecular weight excluding hydrogens is 535 g/mol. The van der Waals surface area contributed by atoms with Crippen molar-refractivity contribution in [2.75, 3.05) is 18.0 Å². The molecule has 3 rings (SSSR count). The molecule has 3 nitrogen and oxygen atoms in total. The molecule has 1 unspecified atom stereocenters. The van der Waals surface area contributed by atoms with E-state index in [2.05, 4.69) is 61.0 Å². The van der Waals surface area contributed by atoms with Crippen LogP contribution in [0.1, 0.15) is 105 Å². The van der Waals surface area contributed by atoms with Gasteiger partial charge >= 0.3 is 12.8 Å². The lowest BCUT2D eigenvalue weighted by atomic mass is 9.93. The van der Waals surface area contributed by atoms with Crippen LogP contribution in [-0.4, -0.2) is 30.9 Å². The second kappa shape index (κ2) is 18.1. The number of aryl methyl sites for hydroxylation is 3. The Labute approximate surface area is 244 Å². The van der Waals surface area contributed by atoms with Gasteiger partial charge in [0.15, 0.2) is 6.10 Å². The average molecular weight is 585 g/mol. The van der Waals surface area contributed by atoms with E-state index in [0.29, 0.717) is 17.5 Å². The van der Waals surface area contributed by atoms with Gasteiger partial charge in [0.25, 0.3) is 0 Å². The molecule has 1 saturated heterocycles. The highest BCUT2D eigenvalue weighted by atomic mass is 19.4. The van der Waals surface area contributed by atoms with Crippen LogP contribution in [-0.2, 0) is 11.2 Å². The Balaban J connectivity index is 0.000000334. The number of aromatic nitrogens is 1. The van der Waals surface area contributed by atoms with Crippen LogP contribution in [0.15, 0.2) is 36.4 Å². The lowest BCUT2D eigenvalue weighted by molar-refractivity contribution is -0.277. The molecule has 41 heavy (non-hydrogen) atoms. The quantitative estimate of drug-likeness (QED) is 0.167. The predicted molar refractivity (Wildman–Crippen MR) is 160 cm³/mol. The fraction of sp³-hybridized carbons (Fsp3) is 0.606. The van der Waals surface area contributed by atoms with Crippen molar-refractivity contribution in [1.82, 2.24) is 4.98 Å². The molecule has 232 valence electrons. The SMILES string of the molecule is C=C(C)CCCCC.CCc1ccc(C(OC(F)F)C(F)(F)F)c(C)c1C.Cc1ccc(N2CCCCC2)nc1C. The van der Waals surface area contributed by atoms with Crippen molar-refractivity contribution in [3.63, 3.8) is 0 Å². The Bertz CT molecular complexity index is 1060. The number of rotatable bonds is 9. The number of halogens is 5. The Morgan fingerprint density at radius 2 is 1.59 bits per heavy atom. The summed E-state index contributed by atoms with van der Waals surface area (Å²) in [4.78, 5) is 7.02. The third kappa shape index (κ3) is 12.9. The zero-order chi connectivity index (χ0) is 31.2. The number of ether oxygens (including phenoxy) is 1. The van der Waals surface area contributed by atoms with E-state index in [1.54, 1.807) is 6.92 Å². The Hall–Kier alpha value is -2.48. The molecule has 0 amide bonds. The molecule has 1 aromatic carbocycles. The van der Waals surface area contributed by atoms with E-state index in [1.165, 1.54) is 88.2 Å². The van der Waals surface area contributed by atoms with Crippen molar-refractivity contribution in [2.24, 2.45) is 0 Å². The minimum absolute atomic E-state index is 0.262. The van der Waals surface area contributed by atoms with Gasteiger partial charge in [-0.25, -0.2) is 4.98 Å². The van der Waals surface area contributed by atoms with Crippen molar-refractivity contribution in [2.45, 2.75) is 119 Å². The third-order valence-electron chi connectivity index (χ3n) is 7.36. The van der Waals surface area contributed by atoms with Crippen LogP contribution in [0.25, 0.3) is 0 Å². The van der Waals surface area contributed by atoms with E-state index in [-0.39, 0.29) is 5.56 Å². The van der Waals surface area contributed by atoms with Gasteiger partial charge in [-0.05, 0) is 107 Å². The summed E-state index contributed by atoms with van der Waals surface area (Å²) in [6, 6.07) is 7.05. The number of allylic oxidation sites excluding steroid dienone is 1. The molecule has 2 heterocycles. The monoisotopic (exact) mass is 584 g/mol. The molecule has 1 aliphatic heterocycles. The maximum Gasteiger partial charge on any atom is 0.419 e. The molecule has 8 heteroatoms. The number of anilines is 1. The van der Waals surface area contributed by atoms with E-state index in [4.69, 9.17) is 0 Å². The van der Waals surface area contributed by atoms with Gasteiger partial charge in [0.05, 0.1) is 0 Å². The number of pyridine rings is 1. The minimum Gasteiger partial charge on any atom is -0.357 e. The van der Waals surface area contributed by atoms with Crippen LogP contribution in [0.4, 0.5) is 27.8 Å². The first-order valence-corrected chi connectivity index (χ1v) is 14.7. The molecule has 1 aliphatic rings. The summed E-state index contributed by atoms with van der Waals surface area (Å²) in [6.45, 7) is 16.2. The van der Waals surface area contributed by atoms with Gasteiger partial charge in [-0.15, -0.1) is 6.58 Å². The van der Waals surface area contributed by atoms with Gasteiger partial charge in [0.1, 0.15) is 5.82 Å². The van der Waals surface area contributed by atoms with Crippen molar-refractivity contribution in [3.05, 3.63) is 69.9 Å². The normalized spacial score (nSPS) is 14.1. The topological polar surface area (TPSA) is 25.4 Å². The van der Waals surface area contributed by atoms with E-state index in [9.17, 15) is 22.0 Å². The first kappa shape index (κ1) is 36.5. The summed E-state index contributed by atoms with van der Waals surface area (Å²) < 4.78 is 66.5. The van der Waals surface area contributed by atoms with E-state index in [0.717, 1.165) is 17.1 Å². The summed E-state index contributed by atoms with van der Waals surface area (Å²) in [5.74, 6) is 1.16. The molecule has 1 atom stereocenters. The number of hydrogen-bond donors (Lipinski definition) is 0. The summed E-state index contributed by atoms with van der Waals surface area (Å²) in [7, 11) is 0. The Morgan fingerprint density at radius 3 is 2.07 bits per heavy atom. The molecule has 0 saturated carbocycles. The van der Waals surface area contributed by atoms with Crippen LogP contribution in [0.3, 0.4) is 0 Å². The zero-order valence-electron chi connectivity index (χ0n) is 25.9. The maximum absolute atomic E-state index is 12.8. The fourth-order valence-electron chi connectivity index (χ4n) is 4.59. The third-order valence-corrected chi connectivity index (χ3v) is 7.36. The van der Waals surface area contributed by atoms with Crippen molar-refractivity contribution >= 4 is 5.82 Å². The largest absolute Gasteiger partial charge is 0.419 e. The predicted octanol–water partition coefficient (Wildman–Crippen LogP) is 10.5. The highest BCUT2D eigenvalue weighted by molar-refractivity contribution is 5.42. The van der Waals surface area contributed by atoms with Gasteiger partial charge in [-0.2, -0.15) is 22.0 Å². The van der Waals surface area contributed by atoms with Crippen LogP contribution in [0.5, 0.6) is 0 Å². The fourth-order valence-corrected chi connectivity index (χ4v) is 4.59. The van der Waals surface area contributed by atoms with E-state index < -0.39 is 18.9 Å². The number of hydrogen-bond acceptors (Lipinski definition) is 3. The lowest BCUT2D eigenvalue weighted by Gasteiger charge is -2.28. The second-order valence-electron chi connectivity index (χ2n) is 10.8. The van der Waals surface area contributed by atoms with Gasteiger partial charge in [-0.1, -0.05) is 50.5 Å². The number of nitrogens with zero attached hydrogens (tertiary/aromatic N) is 2. The standard InChI is InChI=1S/C13H15F5O.C12H18N2.C8H16/c1-4-9-5-6-10(8(3)7(9)2)11(13(16,17)18)19-12(14)15;1-10-6-7-12(13-11(10)2)14-8-4-3-5-9-14;1-4-5-6-7-8(2)3/h5-6,11-12H,4H2,1-3H3;6-7H,3-5,8-9H2,1-2H3;2,4-7H2,1,3H3. The molecule has 0 aliphatic carbocycles. The maximum atomic E-state index is 12.8. The van der Waals surface area contributed by atoms with Crippen molar-refractivity contribution < 1.29 is 26.7 Å². The van der Waals surface area contributed by atoms with Crippen LogP contribution in [0.2, 0.25) is 0 Å². The molecule has 0 spiro atoms. The number of unbranched alkanes of at least 4 members (excludes halogenated alkanes) is 2. The Kier molecular flexibility index (Phi) is 16.2.